The number of hydrogen-bond acceptors (Lipinski definition) is 5. The van der Waals surface area contributed by atoms with Gasteiger partial charge in [-0.05, 0) is 36.6 Å². The van der Waals surface area contributed by atoms with Crippen LogP contribution in [0.1, 0.15) is 35.2 Å². The Kier molecular flexibility index (Phi) is 4.95. The maximum Gasteiger partial charge on any atom is 0.253 e. The van der Waals surface area contributed by atoms with E-state index < -0.39 is 0 Å². The molecule has 0 radical (unpaired) electrons. The van der Waals surface area contributed by atoms with Crippen LogP contribution in [0.2, 0.25) is 0 Å². The highest BCUT2D eigenvalue weighted by Crippen LogP contribution is 2.37. The van der Waals surface area contributed by atoms with Crippen LogP contribution in [0.5, 0.6) is 0 Å². The van der Waals surface area contributed by atoms with Gasteiger partial charge in [-0.3, -0.25) is 14.8 Å². The molecule has 6 nitrogen and oxygen atoms in total. The van der Waals surface area contributed by atoms with Crippen molar-refractivity contribution in [2.75, 3.05) is 19.7 Å². The van der Waals surface area contributed by atoms with Crippen LogP contribution in [0.25, 0.3) is 0 Å². The number of amides is 1. The van der Waals surface area contributed by atoms with Gasteiger partial charge in [0.15, 0.2) is 0 Å². The lowest BCUT2D eigenvalue weighted by molar-refractivity contribution is -0.0412. The first-order valence-corrected chi connectivity index (χ1v) is 9.08. The Labute approximate surface area is 153 Å². The van der Waals surface area contributed by atoms with Crippen LogP contribution in [-0.4, -0.2) is 52.2 Å². The highest BCUT2D eigenvalue weighted by molar-refractivity contribution is 5.94. The minimum Gasteiger partial charge on any atom is -0.372 e. The van der Waals surface area contributed by atoms with Gasteiger partial charge < -0.3 is 14.4 Å². The molecule has 0 N–H and O–H groups in total. The van der Waals surface area contributed by atoms with E-state index in [0.717, 1.165) is 37.9 Å². The Morgan fingerprint density at radius 3 is 2.73 bits per heavy atom. The van der Waals surface area contributed by atoms with Crippen LogP contribution < -0.4 is 0 Å². The monoisotopic (exact) mass is 353 g/mol. The molecule has 6 heteroatoms. The first-order chi connectivity index (χ1) is 12.7. The van der Waals surface area contributed by atoms with Crippen LogP contribution in [0, 0.1) is 0 Å². The molecule has 136 valence electrons. The van der Waals surface area contributed by atoms with Gasteiger partial charge in [-0.15, -0.1) is 0 Å². The van der Waals surface area contributed by atoms with E-state index >= 15 is 0 Å². The lowest BCUT2D eigenvalue weighted by atomic mass is 9.87. The Morgan fingerprint density at radius 2 is 2.00 bits per heavy atom. The second-order valence-corrected chi connectivity index (χ2v) is 7.02. The number of pyridine rings is 2. The van der Waals surface area contributed by atoms with Crippen LogP contribution in [0.4, 0.5) is 0 Å². The molecule has 4 rings (SSSR count). The number of nitrogens with zero attached hydrogens (tertiary/aromatic N) is 3. The average molecular weight is 353 g/mol. The van der Waals surface area contributed by atoms with Crippen molar-refractivity contribution in [1.29, 1.82) is 0 Å². The zero-order chi connectivity index (χ0) is 17.8. The van der Waals surface area contributed by atoms with Gasteiger partial charge in [-0.25, -0.2) is 0 Å². The summed E-state index contributed by atoms with van der Waals surface area (Å²) in [6.45, 7) is 2.62. The van der Waals surface area contributed by atoms with Crippen LogP contribution >= 0.6 is 0 Å². The topological polar surface area (TPSA) is 64.6 Å². The number of rotatable bonds is 4. The van der Waals surface area contributed by atoms with Crippen LogP contribution in [0.15, 0.2) is 49.1 Å². The number of likely N-dealkylation sites (tertiary alicyclic amines) is 1. The smallest absolute Gasteiger partial charge is 0.253 e. The molecule has 0 aromatic carbocycles. The summed E-state index contributed by atoms with van der Waals surface area (Å²) in [5.74, 6) is 0.0737. The summed E-state index contributed by atoms with van der Waals surface area (Å²) in [7, 11) is 0. The van der Waals surface area contributed by atoms with Crippen molar-refractivity contribution >= 4 is 5.91 Å². The fraction of sp³-hybridized carbons (Fsp3) is 0.450. The molecule has 2 aliphatic heterocycles. The summed E-state index contributed by atoms with van der Waals surface area (Å²) < 4.78 is 12.1. The number of carbonyl (C=O) groups is 1. The average Bonchev–Trinajstić information content (AvgIpc) is 3.10. The SMILES string of the molecule is O=C(c1ccncc1)N1CCC2(CC1)C[C@H](OCc1cccnc1)CO2. The third-order valence-corrected chi connectivity index (χ3v) is 5.27. The largest absolute Gasteiger partial charge is 0.372 e. The Hall–Kier alpha value is -2.31. The zero-order valence-corrected chi connectivity index (χ0v) is 14.7. The van der Waals surface area contributed by atoms with E-state index in [1.54, 1.807) is 30.7 Å². The van der Waals surface area contributed by atoms with Crippen LogP contribution in [-0.2, 0) is 16.1 Å². The lowest BCUT2D eigenvalue weighted by Gasteiger charge is -2.38. The third kappa shape index (κ3) is 3.76. The Bertz CT molecular complexity index is 730. The maximum absolute atomic E-state index is 12.6. The summed E-state index contributed by atoms with van der Waals surface area (Å²) in [6, 6.07) is 7.46. The molecule has 26 heavy (non-hydrogen) atoms. The third-order valence-electron chi connectivity index (χ3n) is 5.27. The Balaban J connectivity index is 1.28. The van der Waals surface area contributed by atoms with Gasteiger partial charge in [0.05, 0.1) is 24.9 Å². The molecule has 1 spiro atoms. The highest BCUT2D eigenvalue weighted by Gasteiger charge is 2.43. The van der Waals surface area contributed by atoms with Crippen LogP contribution in [0.3, 0.4) is 0 Å². The van der Waals surface area contributed by atoms with Gasteiger partial charge in [-0.1, -0.05) is 6.07 Å². The fourth-order valence-electron chi connectivity index (χ4n) is 3.75. The number of hydrogen-bond donors (Lipinski definition) is 0. The predicted octanol–water partition coefficient (Wildman–Crippen LogP) is 2.46. The fourth-order valence-corrected chi connectivity index (χ4v) is 3.75. The molecule has 4 heterocycles. The molecule has 2 aromatic heterocycles. The molecule has 0 aliphatic carbocycles. The zero-order valence-electron chi connectivity index (χ0n) is 14.7. The number of ether oxygens (including phenoxy) is 2. The molecule has 2 aliphatic rings. The van der Waals surface area contributed by atoms with Crippen molar-refractivity contribution in [3.8, 4) is 0 Å². The molecule has 2 saturated heterocycles. The van der Waals surface area contributed by atoms with E-state index in [2.05, 4.69) is 9.97 Å². The second kappa shape index (κ2) is 7.51. The van der Waals surface area contributed by atoms with Gasteiger partial charge in [0.1, 0.15) is 0 Å². The van der Waals surface area contributed by atoms with Crippen molar-refractivity contribution in [3.05, 3.63) is 60.2 Å². The standard InChI is InChI=1S/C20H23N3O3/c24-19(17-3-8-21-9-4-17)23-10-5-20(6-11-23)12-18(15-26-20)25-14-16-2-1-7-22-13-16/h1-4,7-9,13,18H,5-6,10-12,14-15H2/t18-/m0/s1. The van der Waals surface area contributed by atoms with E-state index in [1.165, 1.54) is 0 Å². The Morgan fingerprint density at radius 1 is 1.19 bits per heavy atom. The number of aromatic nitrogens is 2. The van der Waals surface area contributed by atoms with Crippen molar-refractivity contribution in [2.24, 2.45) is 0 Å². The molecule has 0 saturated carbocycles. The van der Waals surface area contributed by atoms with Gasteiger partial charge in [-0.2, -0.15) is 0 Å². The lowest BCUT2D eigenvalue weighted by Crippen LogP contribution is -2.46. The molecule has 1 atom stereocenters. The molecule has 1 amide bonds. The van der Waals surface area contributed by atoms with Gasteiger partial charge in [0.2, 0.25) is 0 Å². The highest BCUT2D eigenvalue weighted by atomic mass is 16.6. The van der Waals surface area contributed by atoms with Gasteiger partial charge in [0.25, 0.3) is 5.91 Å². The van der Waals surface area contributed by atoms with Crippen molar-refractivity contribution < 1.29 is 14.3 Å². The molecule has 2 aromatic rings. The molecule has 2 fully saturated rings. The summed E-state index contributed by atoms with van der Waals surface area (Å²) in [5.41, 5.74) is 1.63. The molecular weight excluding hydrogens is 330 g/mol. The van der Waals surface area contributed by atoms with E-state index in [4.69, 9.17) is 9.47 Å². The molecular formula is C20H23N3O3. The van der Waals surface area contributed by atoms with E-state index in [-0.39, 0.29) is 17.6 Å². The van der Waals surface area contributed by atoms with Crippen molar-refractivity contribution in [2.45, 2.75) is 37.6 Å². The summed E-state index contributed by atoms with van der Waals surface area (Å²) in [5, 5.41) is 0. The first kappa shape index (κ1) is 17.1. The minimum atomic E-state index is -0.144. The summed E-state index contributed by atoms with van der Waals surface area (Å²) >= 11 is 0. The second-order valence-electron chi connectivity index (χ2n) is 7.02. The summed E-state index contributed by atoms with van der Waals surface area (Å²) in [6.07, 6.45) is 9.62. The van der Waals surface area contributed by atoms with Gasteiger partial charge >= 0.3 is 0 Å². The van der Waals surface area contributed by atoms with Crippen molar-refractivity contribution in [1.82, 2.24) is 14.9 Å². The molecule has 0 bridgehead atoms. The normalized spacial score (nSPS) is 21.8. The van der Waals surface area contributed by atoms with Crippen molar-refractivity contribution in [3.63, 3.8) is 0 Å². The molecule has 0 unspecified atom stereocenters. The quantitative estimate of drug-likeness (QED) is 0.845. The summed E-state index contributed by atoms with van der Waals surface area (Å²) in [4.78, 5) is 22.5. The van der Waals surface area contributed by atoms with E-state index in [1.807, 2.05) is 23.2 Å². The van der Waals surface area contributed by atoms with E-state index in [0.29, 0.717) is 18.8 Å². The number of carbonyl (C=O) groups excluding carboxylic acids is 1. The minimum absolute atomic E-state index is 0.0737. The maximum atomic E-state index is 12.6. The van der Waals surface area contributed by atoms with Gasteiger partial charge in [0, 0.05) is 49.9 Å². The van der Waals surface area contributed by atoms with E-state index in [9.17, 15) is 4.79 Å². The predicted molar refractivity (Wildman–Crippen MR) is 95.5 cm³/mol. The first-order valence-electron chi connectivity index (χ1n) is 9.08. The number of piperidine rings is 1.